The summed E-state index contributed by atoms with van der Waals surface area (Å²) in [6, 6.07) is 7.03. The van der Waals surface area contributed by atoms with Gasteiger partial charge in [0.25, 0.3) is 0 Å². The number of benzene rings is 1. The Kier molecular flexibility index (Phi) is 4.42. The Hall–Kier alpha value is -1.91. The van der Waals surface area contributed by atoms with Gasteiger partial charge in [0.15, 0.2) is 5.92 Å². The lowest BCUT2D eigenvalue weighted by Crippen LogP contribution is -2.15. The summed E-state index contributed by atoms with van der Waals surface area (Å²) in [5, 5.41) is 13.9. The van der Waals surface area contributed by atoms with Crippen LogP contribution in [0.3, 0.4) is 0 Å². The molecule has 0 spiro atoms. The molecule has 1 atom stereocenters. The molecule has 0 saturated carbocycles. The number of hydrogen-bond donors (Lipinski definition) is 1. The molecule has 0 fully saturated rings. The molecule has 0 aliphatic rings. The summed E-state index contributed by atoms with van der Waals surface area (Å²) in [5.41, 5.74) is 0.364. The first-order valence-corrected chi connectivity index (χ1v) is 6.63. The molecule has 2 N–H and O–H groups in total. The summed E-state index contributed by atoms with van der Waals surface area (Å²) in [6.45, 7) is 1.81. The molecule has 1 rings (SSSR count). The zero-order valence-electron chi connectivity index (χ0n) is 9.66. The van der Waals surface area contributed by atoms with Gasteiger partial charge >= 0.3 is 5.97 Å². The number of esters is 1. The molecular formula is C11H12N2O4S. The van der Waals surface area contributed by atoms with Crippen molar-refractivity contribution in [3.63, 3.8) is 0 Å². The smallest absolute Gasteiger partial charge is 0.327 e. The van der Waals surface area contributed by atoms with Gasteiger partial charge in [-0.1, -0.05) is 12.1 Å². The van der Waals surface area contributed by atoms with E-state index in [-0.39, 0.29) is 11.5 Å². The van der Waals surface area contributed by atoms with Crippen molar-refractivity contribution in [3.8, 4) is 6.07 Å². The second-order valence-electron chi connectivity index (χ2n) is 3.43. The van der Waals surface area contributed by atoms with Crippen molar-refractivity contribution < 1.29 is 17.9 Å². The first-order valence-electron chi connectivity index (χ1n) is 5.09. The van der Waals surface area contributed by atoms with Crippen LogP contribution in [0, 0.1) is 11.3 Å². The van der Waals surface area contributed by atoms with Gasteiger partial charge in [0.2, 0.25) is 10.0 Å². The van der Waals surface area contributed by atoms with Crippen LogP contribution in [0.4, 0.5) is 0 Å². The quantitative estimate of drug-likeness (QED) is 0.799. The Morgan fingerprint density at radius 1 is 1.44 bits per heavy atom. The van der Waals surface area contributed by atoms with E-state index in [1.807, 2.05) is 0 Å². The van der Waals surface area contributed by atoms with Gasteiger partial charge in [-0.15, -0.1) is 0 Å². The van der Waals surface area contributed by atoms with E-state index < -0.39 is 21.9 Å². The topological polar surface area (TPSA) is 110 Å². The molecule has 1 unspecified atom stereocenters. The van der Waals surface area contributed by atoms with Crippen molar-refractivity contribution in [1.82, 2.24) is 0 Å². The van der Waals surface area contributed by atoms with Crippen LogP contribution in [0.1, 0.15) is 18.4 Å². The Bertz CT molecular complexity index is 572. The van der Waals surface area contributed by atoms with Gasteiger partial charge in [-0.05, 0) is 24.6 Å². The zero-order chi connectivity index (χ0) is 13.8. The lowest BCUT2D eigenvalue weighted by Gasteiger charge is -2.08. The summed E-state index contributed by atoms with van der Waals surface area (Å²) in [6.07, 6.45) is 0. The summed E-state index contributed by atoms with van der Waals surface area (Å²) in [7, 11) is -3.78. The van der Waals surface area contributed by atoms with E-state index in [0.717, 1.165) is 0 Å². The van der Waals surface area contributed by atoms with Gasteiger partial charge in [-0.2, -0.15) is 5.26 Å². The Morgan fingerprint density at radius 3 is 2.39 bits per heavy atom. The normalized spacial score (nSPS) is 12.5. The monoisotopic (exact) mass is 268 g/mol. The number of nitriles is 1. The highest BCUT2D eigenvalue weighted by Crippen LogP contribution is 2.18. The number of hydrogen-bond acceptors (Lipinski definition) is 5. The fourth-order valence-corrected chi connectivity index (χ4v) is 1.85. The van der Waals surface area contributed by atoms with Gasteiger partial charge in [-0.25, -0.2) is 13.6 Å². The largest absolute Gasteiger partial charge is 0.465 e. The van der Waals surface area contributed by atoms with Crippen molar-refractivity contribution in [2.24, 2.45) is 5.14 Å². The molecule has 6 nitrogen and oxygen atoms in total. The maximum Gasteiger partial charge on any atom is 0.327 e. The number of nitrogens with zero attached hydrogens (tertiary/aromatic N) is 1. The van der Waals surface area contributed by atoms with Crippen molar-refractivity contribution in [3.05, 3.63) is 29.8 Å². The van der Waals surface area contributed by atoms with Gasteiger partial charge < -0.3 is 4.74 Å². The van der Waals surface area contributed by atoms with Crippen LogP contribution in [0.5, 0.6) is 0 Å². The number of primary sulfonamides is 1. The minimum atomic E-state index is -3.78. The lowest BCUT2D eigenvalue weighted by molar-refractivity contribution is -0.143. The van der Waals surface area contributed by atoms with Crippen LogP contribution >= 0.6 is 0 Å². The molecule has 0 radical (unpaired) electrons. The second-order valence-corrected chi connectivity index (χ2v) is 4.99. The molecule has 7 heteroatoms. The second kappa shape index (κ2) is 5.62. The average molecular weight is 268 g/mol. The highest BCUT2D eigenvalue weighted by atomic mass is 32.2. The lowest BCUT2D eigenvalue weighted by atomic mass is 10.0. The standard InChI is InChI=1S/C11H12N2O4S/c1-2-17-11(14)10(7-12)8-3-5-9(6-4-8)18(13,15)16/h3-6,10H,2H2,1H3,(H2,13,15,16). The van der Waals surface area contributed by atoms with Crippen molar-refractivity contribution in [2.75, 3.05) is 6.61 Å². The first kappa shape index (κ1) is 14.2. The Morgan fingerprint density at radius 2 is 2.00 bits per heavy atom. The highest BCUT2D eigenvalue weighted by molar-refractivity contribution is 7.89. The molecule has 1 aromatic rings. The molecule has 0 saturated heterocycles. The molecule has 0 aliphatic carbocycles. The van der Waals surface area contributed by atoms with Crippen molar-refractivity contribution >= 4 is 16.0 Å². The predicted molar refractivity (Wildman–Crippen MR) is 62.8 cm³/mol. The third-order valence-electron chi connectivity index (χ3n) is 2.19. The van der Waals surface area contributed by atoms with Crippen LogP contribution in [-0.2, 0) is 19.6 Å². The molecular weight excluding hydrogens is 256 g/mol. The van der Waals surface area contributed by atoms with Crippen molar-refractivity contribution in [1.29, 1.82) is 5.26 Å². The minimum absolute atomic E-state index is 0.0770. The van der Waals surface area contributed by atoms with Crippen LogP contribution in [-0.4, -0.2) is 21.0 Å². The third kappa shape index (κ3) is 3.29. The molecule has 18 heavy (non-hydrogen) atoms. The molecule has 0 aliphatic heterocycles. The summed E-state index contributed by atoms with van der Waals surface area (Å²) in [4.78, 5) is 11.4. The molecule has 1 aromatic carbocycles. The maximum atomic E-state index is 11.5. The fraction of sp³-hybridized carbons (Fsp3) is 0.273. The van der Waals surface area contributed by atoms with E-state index in [0.29, 0.717) is 5.56 Å². The number of nitrogens with two attached hydrogens (primary N) is 1. The molecule has 0 bridgehead atoms. The van der Waals surface area contributed by atoms with Gasteiger partial charge in [0.1, 0.15) is 0 Å². The van der Waals surface area contributed by atoms with Crippen molar-refractivity contribution in [2.45, 2.75) is 17.7 Å². The van der Waals surface area contributed by atoms with E-state index in [1.165, 1.54) is 24.3 Å². The molecule has 0 aromatic heterocycles. The van der Waals surface area contributed by atoms with Crippen LogP contribution < -0.4 is 5.14 Å². The van der Waals surface area contributed by atoms with Crippen LogP contribution in [0.25, 0.3) is 0 Å². The summed E-state index contributed by atoms with van der Waals surface area (Å²) >= 11 is 0. The average Bonchev–Trinajstić information content (AvgIpc) is 2.30. The summed E-state index contributed by atoms with van der Waals surface area (Å²) < 4.78 is 26.8. The van der Waals surface area contributed by atoms with Gasteiger partial charge in [-0.3, -0.25) is 4.79 Å². The van der Waals surface area contributed by atoms with Crippen LogP contribution in [0.2, 0.25) is 0 Å². The van der Waals surface area contributed by atoms with E-state index >= 15 is 0 Å². The van der Waals surface area contributed by atoms with Gasteiger partial charge in [0, 0.05) is 0 Å². The van der Waals surface area contributed by atoms with E-state index in [4.69, 9.17) is 15.1 Å². The predicted octanol–water partition coefficient (Wildman–Crippen LogP) is 0.504. The van der Waals surface area contributed by atoms with Crippen LogP contribution in [0.15, 0.2) is 29.2 Å². The third-order valence-corrected chi connectivity index (χ3v) is 3.12. The number of carbonyl (C=O) groups is 1. The number of ether oxygens (including phenoxy) is 1. The molecule has 0 heterocycles. The molecule has 96 valence electrons. The summed E-state index contributed by atoms with van der Waals surface area (Å²) in [5.74, 6) is -1.73. The number of rotatable bonds is 4. The van der Waals surface area contributed by atoms with E-state index in [9.17, 15) is 13.2 Å². The SMILES string of the molecule is CCOC(=O)C(C#N)c1ccc(S(N)(=O)=O)cc1. The molecule has 0 amide bonds. The first-order chi connectivity index (χ1) is 8.40. The zero-order valence-corrected chi connectivity index (χ0v) is 10.5. The number of carbonyl (C=O) groups excluding carboxylic acids is 1. The van der Waals surface area contributed by atoms with E-state index in [1.54, 1.807) is 13.0 Å². The van der Waals surface area contributed by atoms with E-state index in [2.05, 4.69) is 0 Å². The fourth-order valence-electron chi connectivity index (χ4n) is 1.34. The Balaban J connectivity index is 3.04. The Labute approximate surface area is 105 Å². The van der Waals surface area contributed by atoms with Gasteiger partial charge in [0.05, 0.1) is 17.6 Å². The maximum absolute atomic E-state index is 11.5. The minimum Gasteiger partial charge on any atom is -0.465 e. The highest BCUT2D eigenvalue weighted by Gasteiger charge is 2.21. The number of sulfonamides is 1.